The number of hydrogen-bond acceptors (Lipinski definition) is 4. The molecule has 1 saturated heterocycles. The molecule has 0 amide bonds. The summed E-state index contributed by atoms with van der Waals surface area (Å²) in [7, 11) is 0. The summed E-state index contributed by atoms with van der Waals surface area (Å²) in [6, 6.07) is 7.84. The number of carbonyl (C=O) groups is 1. The maximum Gasteiger partial charge on any atom is 0.331 e. The van der Waals surface area contributed by atoms with E-state index in [1.54, 1.807) is 0 Å². The van der Waals surface area contributed by atoms with Gasteiger partial charge in [0.25, 0.3) is 0 Å². The topological polar surface area (TPSA) is 47.6 Å². The Kier molecular flexibility index (Phi) is 5.65. The Bertz CT molecular complexity index is 494. The molecule has 1 aliphatic heterocycles. The van der Waals surface area contributed by atoms with Gasteiger partial charge in [-0.3, -0.25) is 0 Å². The minimum atomic E-state index is -0.699. The van der Waals surface area contributed by atoms with Crippen LogP contribution in [0.15, 0.2) is 28.7 Å². The molecule has 2 unspecified atom stereocenters. The molecule has 0 saturated carbocycles. The monoisotopic (exact) mass is 355 g/mol. The fourth-order valence-electron chi connectivity index (χ4n) is 2.67. The molecule has 0 aromatic heterocycles. The van der Waals surface area contributed by atoms with Crippen LogP contribution in [-0.4, -0.2) is 30.8 Å². The van der Waals surface area contributed by atoms with Gasteiger partial charge in [-0.1, -0.05) is 28.9 Å². The van der Waals surface area contributed by atoms with Crippen molar-refractivity contribution in [2.45, 2.75) is 44.8 Å². The van der Waals surface area contributed by atoms with E-state index in [-0.39, 0.29) is 12.1 Å². The number of esters is 1. The van der Waals surface area contributed by atoms with E-state index >= 15 is 0 Å². The number of rotatable bonds is 5. The Morgan fingerprint density at radius 3 is 3.00 bits per heavy atom. The minimum absolute atomic E-state index is 0.0859. The second-order valence-corrected chi connectivity index (χ2v) is 6.21. The Labute approximate surface area is 134 Å². The first-order valence-electron chi connectivity index (χ1n) is 7.42. The van der Waals surface area contributed by atoms with Crippen molar-refractivity contribution in [3.8, 4) is 0 Å². The van der Waals surface area contributed by atoms with Crippen LogP contribution >= 0.6 is 15.9 Å². The van der Waals surface area contributed by atoms with Crippen molar-refractivity contribution in [1.29, 1.82) is 0 Å². The average molecular weight is 356 g/mol. The molecule has 0 aliphatic carbocycles. The van der Waals surface area contributed by atoms with Gasteiger partial charge in [-0.25, -0.2) is 4.79 Å². The summed E-state index contributed by atoms with van der Waals surface area (Å²) in [5.41, 5.74) is 0.213. The molecule has 2 atom stereocenters. The average Bonchev–Trinajstić information content (AvgIpc) is 2.47. The predicted molar refractivity (Wildman–Crippen MR) is 86.4 cm³/mol. The first kappa shape index (κ1) is 16.3. The molecule has 0 radical (unpaired) electrons. The van der Waals surface area contributed by atoms with E-state index in [1.165, 1.54) is 0 Å². The van der Waals surface area contributed by atoms with Crippen LogP contribution in [-0.2, 0) is 14.3 Å². The number of nitrogens with one attached hydrogen (secondary N) is 1. The fourth-order valence-corrected chi connectivity index (χ4v) is 3.07. The van der Waals surface area contributed by atoms with Gasteiger partial charge in [-0.15, -0.1) is 0 Å². The Balaban J connectivity index is 2.25. The molecule has 21 heavy (non-hydrogen) atoms. The lowest BCUT2D eigenvalue weighted by Crippen LogP contribution is -2.53. The van der Waals surface area contributed by atoms with Crippen molar-refractivity contribution >= 4 is 27.6 Å². The Morgan fingerprint density at radius 2 is 2.33 bits per heavy atom. The Morgan fingerprint density at radius 1 is 1.52 bits per heavy atom. The molecule has 1 aliphatic rings. The summed E-state index contributed by atoms with van der Waals surface area (Å²) < 4.78 is 12.0. The standard InChI is InChI=1S/C16H22BrNO3/c1-3-14-11-16(8-9-21-14,15(19)20-4-2)18-13-7-5-6-12(17)10-13/h5-7,10,14,18H,3-4,8-9,11H2,1-2H3. The molecule has 5 heteroatoms. The molecule has 1 aromatic rings. The highest BCUT2D eigenvalue weighted by Gasteiger charge is 2.44. The van der Waals surface area contributed by atoms with Crippen LogP contribution in [0.5, 0.6) is 0 Å². The van der Waals surface area contributed by atoms with E-state index in [1.807, 2.05) is 31.2 Å². The number of anilines is 1. The third kappa shape index (κ3) is 3.98. The molecule has 116 valence electrons. The van der Waals surface area contributed by atoms with Crippen LogP contribution in [0.3, 0.4) is 0 Å². The molecule has 4 nitrogen and oxygen atoms in total. The normalized spacial score (nSPS) is 25.4. The van der Waals surface area contributed by atoms with Gasteiger partial charge in [0.05, 0.1) is 12.7 Å². The van der Waals surface area contributed by atoms with E-state index < -0.39 is 5.54 Å². The Hall–Kier alpha value is -1.07. The molecule has 0 bridgehead atoms. The van der Waals surface area contributed by atoms with E-state index in [9.17, 15) is 4.79 Å². The van der Waals surface area contributed by atoms with Crippen molar-refractivity contribution < 1.29 is 14.3 Å². The van der Waals surface area contributed by atoms with Crippen LogP contribution in [0.25, 0.3) is 0 Å². The summed E-state index contributed by atoms with van der Waals surface area (Å²) in [5.74, 6) is -0.188. The van der Waals surface area contributed by atoms with E-state index in [0.29, 0.717) is 26.1 Å². The zero-order chi connectivity index (χ0) is 15.3. The highest BCUT2D eigenvalue weighted by Crippen LogP contribution is 2.32. The highest BCUT2D eigenvalue weighted by molar-refractivity contribution is 9.10. The molecule has 2 rings (SSSR count). The van der Waals surface area contributed by atoms with Gasteiger partial charge in [0, 0.05) is 29.6 Å². The summed E-state index contributed by atoms with van der Waals surface area (Å²) >= 11 is 3.46. The van der Waals surface area contributed by atoms with Gasteiger partial charge in [0.1, 0.15) is 5.54 Å². The number of carbonyl (C=O) groups excluding carboxylic acids is 1. The van der Waals surface area contributed by atoms with Crippen molar-refractivity contribution in [2.24, 2.45) is 0 Å². The second kappa shape index (κ2) is 7.27. The van der Waals surface area contributed by atoms with Crippen LogP contribution in [0.1, 0.15) is 33.1 Å². The smallest absolute Gasteiger partial charge is 0.331 e. The number of ether oxygens (including phenoxy) is 2. The molecule has 1 fully saturated rings. The molecule has 1 heterocycles. The van der Waals surface area contributed by atoms with Gasteiger partial charge in [-0.05, 0) is 31.5 Å². The third-order valence-corrected chi connectivity index (χ3v) is 4.28. The largest absolute Gasteiger partial charge is 0.464 e. The first-order chi connectivity index (χ1) is 10.1. The van der Waals surface area contributed by atoms with Crippen molar-refractivity contribution in [2.75, 3.05) is 18.5 Å². The van der Waals surface area contributed by atoms with Crippen molar-refractivity contribution in [3.63, 3.8) is 0 Å². The maximum absolute atomic E-state index is 12.5. The molecule has 0 spiro atoms. The summed E-state index contributed by atoms with van der Waals surface area (Å²) in [4.78, 5) is 12.5. The lowest BCUT2D eigenvalue weighted by Gasteiger charge is -2.39. The highest BCUT2D eigenvalue weighted by atomic mass is 79.9. The summed E-state index contributed by atoms with van der Waals surface area (Å²) in [6.07, 6.45) is 2.23. The lowest BCUT2D eigenvalue weighted by molar-refractivity contribution is -0.154. The second-order valence-electron chi connectivity index (χ2n) is 5.29. The summed E-state index contributed by atoms with van der Waals surface area (Å²) in [6.45, 7) is 4.86. The van der Waals surface area contributed by atoms with Crippen molar-refractivity contribution in [1.82, 2.24) is 0 Å². The van der Waals surface area contributed by atoms with Crippen LogP contribution in [0.4, 0.5) is 5.69 Å². The number of hydrogen-bond donors (Lipinski definition) is 1. The van der Waals surface area contributed by atoms with Crippen LogP contribution in [0.2, 0.25) is 0 Å². The maximum atomic E-state index is 12.5. The van der Waals surface area contributed by atoms with Gasteiger partial charge in [-0.2, -0.15) is 0 Å². The number of benzene rings is 1. The SMILES string of the molecule is CCOC(=O)C1(Nc2cccc(Br)c2)CCOC(CC)C1. The summed E-state index contributed by atoms with van der Waals surface area (Å²) in [5, 5.41) is 3.40. The fraction of sp³-hybridized carbons (Fsp3) is 0.562. The van der Waals surface area contributed by atoms with Crippen LogP contribution in [0, 0.1) is 0 Å². The zero-order valence-corrected chi connectivity index (χ0v) is 14.1. The van der Waals surface area contributed by atoms with E-state index in [4.69, 9.17) is 9.47 Å². The zero-order valence-electron chi connectivity index (χ0n) is 12.5. The third-order valence-electron chi connectivity index (χ3n) is 3.79. The van der Waals surface area contributed by atoms with Crippen molar-refractivity contribution in [3.05, 3.63) is 28.7 Å². The molecule has 1 N–H and O–H groups in total. The van der Waals surface area contributed by atoms with Gasteiger partial charge in [0.2, 0.25) is 0 Å². The lowest BCUT2D eigenvalue weighted by atomic mass is 9.85. The van der Waals surface area contributed by atoms with Gasteiger partial charge < -0.3 is 14.8 Å². The molecular formula is C16H22BrNO3. The number of halogens is 1. The van der Waals surface area contributed by atoms with E-state index in [2.05, 4.69) is 28.2 Å². The quantitative estimate of drug-likeness (QED) is 0.817. The van der Waals surface area contributed by atoms with E-state index in [0.717, 1.165) is 16.6 Å². The first-order valence-corrected chi connectivity index (χ1v) is 8.21. The van der Waals surface area contributed by atoms with Gasteiger partial charge >= 0.3 is 5.97 Å². The molecule has 1 aromatic carbocycles. The van der Waals surface area contributed by atoms with Gasteiger partial charge in [0.15, 0.2) is 0 Å². The molecular weight excluding hydrogens is 334 g/mol. The minimum Gasteiger partial charge on any atom is -0.464 e. The predicted octanol–water partition coefficient (Wildman–Crippen LogP) is 3.75. The van der Waals surface area contributed by atoms with Crippen LogP contribution < -0.4 is 5.32 Å².